The minimum absolute atomic E-state index is 0.0222. The third-order valence-corrected chi connectivity index (χ3v) is 2.82. The Labute approximate surface area is 120 Å². The monoisotopic (exact) mass is 336 g/mol. The third kappa shape index (κ3) is 3.15. The Morgan fingerprint density at radius 3 is 2.15 bits per heavy atom. The van der Waals surface area contributed by atoms with E-state index in [9.17, 15) is 26.7 Å². The molecule has 0 unspecified atom stereocenters. The van der Waals surface area contributed by atoms with E-state index < -0.39 is 28.5 Å². The zero-order valence-electron chi connectivity index (χ0n) is 9.82. The number of alkyl halides is 5. The molecule has 0 saturated heterocycles. The summed E-state index contributed by atoms with van der Waals surface area (Å²) >= 11 is 11.2. The van der Waals surface area contributed by atoms with Crippen LogP contribution in [-0.2, 0) is 0 Å². The number of Topliss-reactive ketones (excluding diaryl/α,β-unsaturated/α-hetero) is 1. The normalized spacial score (nSPS) is 12.4. The molecule has 0 fully saturated rings. The van der Waals surface area contributed by atoms with Gasteiger partial charge in [0.25, 0.3) is 0 Å². The fourth-order valence-corrected chi connectivity index (χ4v) is 1.72. The standard InChI is InChI=1S/C11H7Cl2F5O2/c1-2-20-8-4-6(12)5(3-7(8)13)9(19)10(14,15)11(16,17)18/h3-4H,2H2,1H3. The lowest BCUT2D eigenvalue weighted by Gasteiger charge is -2.19. The second-order valence-electron chi connectivity index (χ2n) is 3.60. The minimum Gasteiger partial charge on any atom is -0.492 e. The van der Waals surface area contributed by atoms with E-state index in [2.05, 4.69) is 0 Å². The second kappa shape index (κ2) is 5.73. The van der Waals surface area contributed by atoms with Gasteiger partial charge < -0.3 is 4.74 Å². The van der Waals surface area contributed by atoms with Crippen LogP contribution in [0.1, 0.15) is 17.3 Å². The van der Waals surface area contributed by atoms with Crippen LogP contribution in [0.15, 0.2) is 12.1 Å². The fourth-order valence-electron chi connectivity index (χ4n) is 1.27. The van der Waals surface area contributed by atoms with Crippen LogP contribution in [-0.4, -0.2) is 24.5 Å². The molecule has 1 aromatic rings. The highest BCUT2D eigenvalue weighted by molar-refractivity contribution is 6.37. The Morgan fingerprint density at radius 1 is 1.15 bits per heavy atom. The Balaban J connectivity index is 3.28. The van der Waals surface area contributed by atoms with Crippen molar-refractivity contribution in [1.29, 1.82) is 0 Å². The second-order valence-corrected chi connectivity index (χ2v) is 4.41. The smallest absolute Gasteiger partial charge is 0.461 e. The lowest BCUT2D eigenvalue weighted by atomic mass is 10.0. The average Bonchev–Trinajstić information content (AvgIpc) is 2.31. The van der Waals surface area contributed by atoms with Gasteiger partial charge in [-0.25, -0.2) is 0 Å². The molecule has 2 nitrogen and oxygen atoms in total. The van der Waals surface area contributed by atoms with Gasteiger partial charge in [0.05, 0.1) is 16.7 Å². The number of ketones is 1. The van der Waals surface area contributed by atoms with Gasteiger partial charge in [-0.05, 0) is 13.0 Å². The first-order valence-electron chi connectivity index (χ1n) is 5.13. The summed E-state index contributed by atoms with van der Waals surface area (Å²) in [4.78, 5) is 11.3. The molecule has 20 heavy (non-hydrogen) atoms. The lowest BCUT2D eigenvalue weighted by Crippen LogP contribution is -2.44. The number of carbonyl (C=O) groups excluding carboxylic acids is 1. The van der Waals surface area contributed by atoms with Gasteiger partial charge in [0.1, 0.15) is 5.75 Å². The Bertz CT molecular complexity index is 528. The van der Waals surface area contributed by atoms with Crippen molar-refractivity contribution in [2.75, 3.05) is 6.61 Å². The predicted octanol–water partition coefficient (Wildman–Crippen LogP) is 4.77. The summed E-state index contributed by atoms with van der Waals surface area (Å²) in [6.45, 7) is 1.77. The van der Waals surface area contributed by atoms with Crippen LogP contribution >= 0.6 is 23.2 Å². The summed E-state index contributed by atoms with van der Waals surface area (Å²) in [5.41, 5.74) is -1.03. The summed E-state index contributed by atoms with van der Waals surface area (Å²) in [5.74, 6) is -8.04. The van der Waals surface area contributed by atoms with E-state index >= 15 is 0 Å². The molecule has 0 spiro atoms. The van der Waals surface area contributed by atoms with Gasteiger partial charge >= 0.3 is 12.1 Å². The molecule has 1 rings (SSSR count). The largest absolute Gasteiger partial charge is 0.492 e. The van der Waals surface area contributed by atoms with Crippen LogP contribution in [0, 0.1) is 0 Å². The van der Waals surface area contributed by atoms with Gasteiger partial charge in [0, 0.05) is 11.6 Å². The summed E-state index contributed by atoms with van der Waals surface area (Å²) in [6, 6.07) is 1.53. The van der Waals surface area contributed by atoms with Gasteiger partial charge in [-0.15, -0.1) is 0 Å². The van der Waals surface area contributed by atoms with Gasteiger partial charge in [-0.1, -0.05) is 23.2 Å². The molecule has 9 heteroatoms. The van der Waals surface area contributed by atoms with E-state index in [-0.39, 0.29) is 17.4 Å². The molecule has 1 aromatic carbocycles. The molecule has 0 N–H and O–H groups in total. The number of carbonyl (C=O) groups is 1. The van der Waals surface area contributed by atoms with Crippen LogP contribution in [0.4, 0.5) is 22.0 Å². The summed E-state index contributed by atoms with van der Waals surface area (Å²) in [5, 5.41) is -0.899. The van der Waals surface area contributed by atoms with Crippen LogP contribution in [0.5, 0.6) is 5.75 Å². The quantitative estimate of drug-likeness (QED) is 0.584. The zero-order chi connectivity index (χ0) is 15.7. The topological polar surface area (TPSA) is 26.3 Å². The molecule has 0 aliphatic rings. The highest BCUT2D eigenvalue weighted by Gasteiger charge is 2.63. The minimum atomic E-state index is -6.02. The van der Waals surface area contributed by atoms with E-state index in [1.165, 1.54) is 0 Å². The molecule has 0 heterocycles. The van der Waals surface area contributed by atoms with Crippen molar-refractivity contribution in [2.24, 2.45) is 0 Å². The number of ether oxygens (including phenoxy) is 1. The average molecular weight is 337 g/mol. The molecular formula is C11H7Cl2F5O2. The number of hydrogen-bond acceptors (Lipinski definition) is 2. The van der Waals surface area contributed by atoms with E-state index in [1.54, 1.807) is 6.92 Å². The fraction of sp³-hybridized carbons (Fsp3) is 0.364. The Morgan fingerprint density at radius 2 is 1.70 bits per heavy atom. The SMILES string of the molecule is CCOc1cc(Cl)c(C(=O)C(F)(F)C(F)(F)F)cc1Cl. The summed E-state index contributed by atoms with van der Waals surface area (Å²) in [6.07, 6.45) is -6.02. The summed E-state index contributed by atoms with van der Waals surface area (Å²) < 4.78 is 67.3. The van der Waals surface area contributed by atoms with Crippen molar-refractivity contribution in [2.45, 2.75) is 19.0 Å². The molecule has 0 aromatic heterocycles. The maximum absolute atomic E-state index is 13.0. The molecule has 0 aliphatic carbocycles. The number of benzene rings is 1. The number of hydrogen-bond donors (Lipinski definition) is 0. The van der Waals surface area contributed by atoms with Crippen molar-refractivity contribution in [1.82, 2.24) is 0 Å². The van der Waals surface area contributed by atoms with Gasteiger partial charge in [0.15, 0.2) is 0 Å². The Kier molecular flexibility index (Phi) is 4.86. The highest BCUT2D eigenvalue weighted by Crippen LogP contribution is 2.41. The summed E-state index contributed by atoms with van der Waals surface area (Å²) in [7, 11) is 0. The first kappa shape index (κ1) is 17.0. The van der Waals surface area contributed by atoms with E-state index in [0.29, 0.717) is 6.07 Å². The zero-order valence-corrected chi connectivity index (χ0v) is 11.3. The van der Waals surface area contributed by atoms with Crippen LogP contribution in [0.2, 0.25) is 10.0 Å². The maximum atomic E-state index is 13.0. The van der Waals surface area contributed by atoms with E-state index in [0.717, 1.165) is 6.07 Å². The predicted molar refractivity (Wildman–Crippen MR) is 63.0 cm³/mol. The van der Waals surface area contributed by atoms with Crippen molar-refractivity contribution in [3.63, 3.8) is 0 Å². The maximum Gasteiger partial charge on any atom is 0.461 e. The van der Waals surface area contributed by atoms with Crippen molar-refractivity contribution < 1.29 is 31.5 Å². The molecule has 0 aliphatic heterocycles. The van der Waals surface area contributed by atoms with Gasteiger partial charge in [-0.3, -0.25) is 4.79 Å². The first-order chi connectivity index (χ1) is 9.02. The van der Waals surface area contributed by atoms with E-state index in [1.807, 2.05) is 0 Å². The van der Waals surface area contributed by atoms with Gasteiger partial charge in [0.2, 0.25) is 5.78 Å². The van der Waals surface area contributed by atoms with Crippen molar-refractivity contribution in [3.8, 4) is 5.75 Å². The molecule has 0 bridgehead atoms. The molecule has 0 amide bonds. The van der Waals surface area contributed by atoms with Crippen LogP contribution < -0.4 is 4.74 Å². The highest BCUT2D eigenvalue weighted by atomic mass is 35.5. The number of halogens is 7. The van der Waals surface area contributed by atoms with Crippen molar-refractivity contribution in [3.05, 3.63) is 27.7 Å². The molecule has 0 radical (unpaired) electrons. The third-order valence-electron chi connectivity index (χ3n) is 2.21. The first-order valence-corrected chi connectivity index (χ1v) is 5.89. The molecule has 0 saturated carbocycles. The van der Waals surface area contributed by atoms with E-state index in [4.69, 9.17) is 27.9 Å². The number of rotatable bonds is 4. The molecular weight excluding hydrogens is 330 g/mol. The van der Waals surface area contributed by atoms with Gasteiger partial charge in [-0.2, -0.15) is 22.0 Å². The van der Waals surface area contributed by atoms with Crippen LogP contribution in [0.3, 0.4) is 0 Å². The lowest BCUT2D eigenvalue weighted by molar-refractivity contribution is -0.255. The van der Waals surface area contributed by atoms with Crippen molar-refractivity contribution >= 4 is 29.0 Å². The molecule has 112 valence electrons. The Hall–Kier alpha value is -1.08. The molecule has 0 atom stereocenters. The van der Waals surface area contributed by atoms with Crippen LogP contribution in [0.25, 0.3) is 0 Å².